The highest BCUT2D eigenvalue weighted by Crippen LogP contribution is 2.17. The second kappa shape index (κ2) is 7.89. The normalized spacial score (nSPS) is 10.8. The number of Topliss-reactive ketones (excluding diaryl/α,β-unsaturated/α-hetero) is 2. The van der Waals surface area contributed by atoms with Gasteiger partial charge in [0.1, 0.15) is 5.78 Å². The first-order chi connectivity index (χ1) is 12.2. The molecule has 0 heterocycles. The molecule has 0 aliphatic carbocycles. The molecule has 0 amide bonds. The van der Waals surface area contributed by atoms with E-state index in [1.54, 1.807) is 0 Å². The van der Waals surface area contributed by atoms with E-state index in [0.29, 0.717) is 25.7 Å². The van der Waals surface area contributed by atoms with Gasteiger partial charge < -0.3 is 0 Å². The van der Waals surface area contributed by atoms with Gasteiger partial charge in [0.2, 0.25) is 0 Å². The summed E-state index contributed by atoms with van der Waals surface area (Å²) in [6.45, 7) is 1.86. The Bertz CT molecular complexity index is 909. The van der Waals surface area contributed by atoms with Gasteiger partial charge in [-0.05, 0) is 34.4 Å². The summed E-state index contributed by atoms with van der Waals surface area (Å²) < 4.78 is 0. The minimum absolute atomic E-state index is 0.143. The molecular weight excluding hydrogens is 308 g/mol. The number of rotatable bonds is 7. The molecule has 3 aromatic carbocycles. The number of fused-ring (bicyclic) bond motifs is 1. The predicted octanol–water partition coefficient (Wildman–Crippen LogP) is 5.18. The SMILES string of the molecule is CCC(=O)c1cccc(CCC(=O)Cc2ccc3ccccc3c2)c1. The van der Waals surface area contributed by atoms with E-state index < -0.39 is 0 Å². The Morgan fingerprint density at radius 3 is 2.40 bits per heavy atom. The highest BCUT2D eigenvalue weighted by Gasteiger charge is 2.07. The van der Waals surface area contributed by atoms with Gasteiger partial charge in [-0.3, -0.25) is 9.59 Å². The van der Waals surface area contributed by atoms with Crippen LogP contribution in [0.5, 0.6) is 0 Å². The van der Waals surface area contributed by atoms with E-state index in [2.05, 4.69) is 24.3 Å². The Kier molecular flexibility index (Phi) is 5.39. The number of hydrogen-bond donors (Lipinski definition) is 0. The van der Waals surface area contributed by atoms with Crippen LogP contribution in [0, 0.1) is 0 Å². The summed E-state index contributed by atoms with van der Waals surface area (Å²) in [7, 11) is 0. The molecular formula is C23H22O2. The Labute approximate surface area is 148 Å². The average Bonchev–Trinajstić information content (AvgIpc) is 2.66. The molecule has 0 unspecified atom stereocenters. The van der Waals surface area contributed by atoms with Gasteiger partial charge in [-0.2, -0.15) is 0 Å². The monoisotopic (exact) mass is 330 g/mol. The molecule has 0 aromatic heterocycles. The summed E-state index contributed by atoms with van der Waals surface area (Å²) in [4.78, 5) is 24.1. The van der Waals surface area contributed by atoms with Gasteiger partial charge in [0.15, 0.2) is 5.78 Å². The summed E-state index contributed by atoms with van der Waals surface area (Å²) in [5.41, 5.74) is 2.84. The van der Waals surface area contributed by atoms with Crippen LogP contribution in [0.1, 0.15) is 41.3 Å². The molecule has 2 nitrogen and oxygen atoms in total. The van der Waals surface area contributed by atoms with Gasteiger partial charge in [-0.25, -0.2) is 0 Å². The van der Waals surface area contributed by atoms with Crippen molar-refractivity contribution in [1.82, 2.24) is 0 Å². The summed E-state index contributed by atoms with van der Waals surface area (Å²) in [5, 5.41) is 2.36. The lowest BCUT2D eigenvalue weighted by Gasteiger charge is -2.05. The van der Waals surface area contributed by atoms with Gasteiger partial charge in [-0.15, -0.1) is 0 Å². The smallest absolute Gasteiger partial charge is 0.162 e. The van der Waals surface area contributed by atoms with Crippen molar-refractivity contribution in [3.8, 4) is 0 Å². The van der Waals surface area contributed by atoms with Crippen molar-refractivity contribution in [1.29, 1.82) is 0 Å². The van der Waals surface area contributed by atoms with E-state index in [1.165, 1.54) is 10.8 Å². The number of carbonyl (C=O) groups excluding carboxylic acids is 2. The lowest BCUT2D eigenvalue weighted by molar-refractivity contribution is -0.118. The maximum absolute atomic E-state index is 12.3. The van der Waals surface area contributed by atoms with Crippen molar-refractivity contribution < 1.29 is 9.59 Å². The van der Waals surface area contributed by atoms with E-state index in [9.17, 15) is 9.59 Å². The third-order valence-electron chi connectivity index (χ3n) is 4.48. The van der Waals surface area contributed by atoms with Crippen LogP contribution < -0.4 is 0 Å². The lowest BCUT2D eigenvalue weighted by Crippen LogP contribution is -2.05. The highest BCUT2D eigenvalue weighted by atomic mass is 16.1. The quantitative estimate of drug-likeness (QED) is 0.560. The summed E-state index contributed by atoms with van der Waals surface area (Å²) in [6.07, 6.45) is 2.14. The van der Waals surface area contributed by atoms with Crippen LogP contribution in [0.15, 0.2) is 66.7 Å². The predicted molar refractivity (Wildman–Crippen MR) is 102 cm³/mol. The molecule has 0 aliphatic rings. The minimum Gasteiger partial charge on any atom is -0.299 e. The maximum atomic E-state index is 12.3. The first-order valence-electron chi connectivity index (χ1n) is 8.77. The van der Waals surface area contributed by atoms with Crippen molar-refractivity contribution in [3.05, 3.63) is 83.4 Å². The molecule has 0 saturated heterocycles. The molecule has 25 heavy (non-hydrogen) atoms. The summed E-state index contributed by atoms with van der Waals surface area (Å²) >= 11 is 0. The second-order valence-electron chi connectivity index (χ2n) is 6.37. The van der Waals surface area contributed by atoms with Gasteiger partial charge in [0.25, 0.3) is 0 Å². The molecule has 0 bridgehead atoms. The zero-order valence-corrected chi connectivity index (χ0v) is 14.5. The van der Waals surface area contributed by atoms with Crippen molar-refractivity contribution in [3.63, 3.8) is 0 Å². The van der Waals surface area contributed by atoms with Gasteiger partial charge in [0.05, 0.1) is 0 Å². The van der Waals surface area contributed by atoms with E-state index in [4.69, 9.17) is 0 Å². The molecule has 0 spiro atoms. The Hall–Kier alpha value is -2.74. The van der Waals surface area contributed by atoms with Gasteiger partial charge in [0, 0.05) is 24.8 Å². The Balaban J connectivity index is 1.61. The molecule has 0 saturated carbocycles. The molecule has 0 aliphatic heterocycles. The van der Waals surface area contributed by atoms with Crippen LogP contribution in [-0.4, -0.2) is 11.6 Å². The van der Waals surface area contributed by atoms with Crippen molar-refractivity contribution in [2.24, 2.45) is 0 Å². The third-order valence-corrected chi connectivity index (χ3v) is 4.48. The van der Waals surface area contributed by atoms with Crippen molar-refractivity contribution in [2.75, 3.05) is 0 Å². The molecule has 0 N–H and O–H groups in total. The topological polar surface area (TPSA) is 34.1 Å². The molecule has 0 radical (unpaired) electrons. The fraction of sp³-hybridized carbons (Fsp3) is 0.217. The number of carbonyl (C=O) groups is 2. The summed E-state index contributed by atoms with van der Waals surface area (Å²) in [6, 6.07) is 22.0. The number of aryl methyl sites for hydroxylation is 1. The first-order valence-corrected chi connectivity index (χ1v) is 8.77. The highest BCUT2D eigenvalue weighted by molar-refractivity contribution is 5.96. The fourth-order valence-corrected chi connectivity index (χ4v) is 3.05. The van der Waals surface area contributed by atoms with Crippen LogP contribution in [0.2, 0.25) is 0 Å². The van der Waals surface area contributed by atoms with Gasteiger partial charge in [-0.1, -0.05) is 67.6 Å². The largest absolute Gasteiger partial charge is 0.299 e. The van der Waals surface area contributed by atoms with Crippen LogP contribution >= 0.6 is 0 Å². The number of ketones is 2. The lowest BCUT2D eigenvalue weighted by atomic mass is 9.98. The van der Waals surface area contributed by atoms with Crippen LogP contribution in [0.4, 0.5) is 0 Å². The standard InChI is InChI=1S/C23H22O2/c1-2-23(25)21-9-5-6-17(14-21)11-13-22(24)16-18-10-12-19-7-3-4-8-20(19)15-18/h3-10,12,14-15H,2,11,13,16H2,1H3. The third kappa shape index (κ3) is 4.42. The van der Waals surface area contributed by atoms with E-state index in [0.717, 1.165) is 16.7 Å². The van der Waals surface area contributed by atoms with E-state index in [-0.39, 0.29) is 11.6 Å². The second-order valence-corrected chi connectivity index (χ2v) is 6.37. The number of benzene rings is 3. The number of hydrogen-bond acceptors (Lipinski definition) is 2. The zero-order valence-electron chi connectivity index (χ0n) is 14.5. The minimum atomic E-state index is 0.143. The van der Waals surface area contributed by atoms with Crippen LogP contribution in [0.3, 0.4) is 0 Å². The molecule has 0 fully saturated rings. The Morgan fingerprint density at radius 2 is 1.60 bits per heavy atom. The van der Waals surface area contributed by atoms with Crippen LogP contribution in [-0.2, 0) is 17.6 Å². The summed E-state index contributed by atoms with van der Waals surface area (Å²) in [5.74, 6) is 0.367. The zero-order chi connectivity index (χ0) is 17.6. The molecule has 126 valence electrons. The maximum Gasteiger partial charge on any atom is 0.162 e. The molecule has 3 aromatic rings. The van der Waals surface area contributed by atoms with Crippen molar-refractivity contribution in [2.45, 2.75) is 32.6 Å². The molecule has 2 heteroatoms. The Morgan fingerprint density at radius 1 is 0.800 bits per heavy atom. The molecule has 0 atom stereocenters. The first kappa shape index (κ1) is 17.1. The average molecular weight is 330 g/mol. The van der Waals surface area contributed by atoms with Crippen LogP contribution in [0.25, 0.3) is 10.8 Å². The fourth-order valence-electron chi connectivity index (χ4n) is 3.05. The van der Waals surface area contributed by atoms with Crippen molar-refractivity contribution >= 4 is 22.3 Å². The molecule has 3 rings (SSSR count). The van der Waals surface area contributed by atoms with E-state index in [1.807, 2.05) is 49.4 Å². The van der Waals surface area contributed by atoms with E-state index >= 15 is 0 Å². The van der Waals surface area contributed by atoms with Gasteiger partial charge >= 0.3 is 0 Å².